The van der Waals surface area contributed by atoms with Gasteiger partial charge in [0.2, 0.25) is 5.91 Å². The maximum atomic E-state index is 12.3. The van der Waals surface area contributed by atoms with Gasteiger partial charge in [-0.15, -0.1) is 0 Å². The van der Waals surface area contributed by atoms with Gasteiger partial charge in [-0.2, -0.15) is 11.8 Å². The van der Waals surface area contributed by atoms with Crippen LogP contribution in [0, 0.1) is 40.4 Å². The van der Waals surface area contributed by atoms with Gasteiger partial charge in [0.1, 0.15) is 0 Å². The molecule has 0 bridgehead atoms. The second-order valence-corrected chi connectivity index (χ2v) is 13.2. The van der Waals surface area contributed by atoms with E-state index >= 15 is 0 Å². The number of thioether (sulfide) groups is 1. The summed E-state index contributed by atoms with van der Waals surface area (Å²) < 4.78 is 0. The van der Waals surface area contributed by atoms with Gasteiger partial charge >= 0.3 is 0 Å². The van der Waals surface area contributed by atoms with Crippen LogP contribution in [0.15, 0.2) is 0 Å². The van der Waals surface area contributed by atoms with E-state index in [-0.39, 0.29) is 0 Å². The zero-order valence-corrected chi connectivity index (χ0v) is 20.0. The number of hydrogen-bond acceptors (Lipinski definition) is 2. The summed E-state index contributed by atoms with van der Waals surface area (Å²) in [5, 5.41) is 0.754. The average molecular weight is 406 g/mol. The van der Waals surface area contributed by atoms with Crippen LogP contribution in [0.2, 0.25) is 0 Å². The molecular formula is C25H43NOS. The number of rotatable bonds is 4. The molecule has 0 aromatic carbocycles. The summed E-state index contributed by atoms with van der Waals surface area (Å²) in [4.78, 5) is 14.5. The van der Waals surface area contributed by atoms with Crippen molar-refractivity contribution in [2.45, 2.75) is 97.3 Å². The van der Waals surface area contributed by atoms with Crippen molar-refractivity contribution in [2.75, 3.05) is 12.8 Å². The maximum absolute atomic E-state index is 12.3. The number of carbonyl (C=O) groups is 1. The fourth-order valence-electron chi connectivity index (χ4n) is 8.59. The third-order valence-corrected chi connectivity index (χ3v) is 11.4. The fourth-order valence-corrected chi connectivity index (χ4v) is 9.51. The second kappa shape index (κ2) is 7.50. The Labute approximate surface area is 178 Å². The average Bonchev–Trinajstić information content (AvgIpc) is 3.00. The molecule has 1 unspecified atom stereocenters. The molecule has 28 heavy (non-hydrogen) atoms. The summed E-state index contributed by atoms with van der Waals surface area (Å²) >= 11 is 2.16. The zero-order chi connectivity index (χ0) is 20.3. The van der Waals surface area contributed by atoms with E-state index in [9.17, 15) is 4.79 Å². The van der Waals surface area contributed by atoms with Crippen molar-refractivity contribution in [3.63, 3.8) is 0 Å². The number of fused-ring (bicyclic) bond motifs is 5. The van der Waals surface area contributed by atoms with Crippen LogP contribution in [-0.4, -0.2) is 34.9 Å². The Hall–Kier alpha value is -0.180. The fraction of sp³-hybridized carbons (Fsp3) is 0.960. The summed E-state index contributed by atoms with van der Waals surface area (Å²) in [6.07, 6.45) is 10.3. The minimum Gasteiger partial charge on any atom is -0.342 e. The highest BCUT2D eigenvalue weighted by Crippen LogP contribution is 2.67. The Morgan fingerprint density at radius 2 is 1.71 bits per heavy atom. The molecule has 4 aliphatic rings. The minimum atomic E-state index is 0.365. The van der Waals surface area contributed by atoms with Crippen LogP contribution in [0.5, 0.6) is 0 Å². The van der Waals surface area contributed by atoms with Crippen LogP contribution >= 0.6 is 11.8 Å². The maximum Gasteiger partial charge on any atom is 0.222 e. The Morgan fingerprint density at radius 1 is 1.00 bits per heavy atom. The molecule has 0 spiro atoms. The summed E-state index contributed by atoms with van der Waals surface area (Å²) in [5.74, 6) is 6.19. The van der Waals surface area contributed by atoms with Gasteiger partial charge in [-0.1, -0.05) is 34.6 Å². The summed E-state index contributed by atoms with van der Waals surface area (Å²) in [7, 11) is 2.08. The van der Waals surface area contributed by atoms with Gasteiger partial charge in [-0.3, -0.25) is 4.79 Å². The monoisotopic (exact) mass is 405 g/mol. The van der Waals surface area contributed by atoms with E-state index in [4.69, 9.17) is 0 Å². The normalized spacial score (nSPS) is 46.9. The van der Waals surface area contributed by atoms with Gasteiger partial charge in [0.25, 0.3) is 0 Å². The quantitative estimate of drug-likeness (QED) is 0.551. The van der Waals surface area contributed by atoms with E-state index in [0.29, 0.717) is 22.8 Å². The molecule has 0 aromatic rings. The molecule has 1 amide bonds. The van der Waals surface area contributed by atoms with Gasteiger partial charge in [-0.25, -0.2) is 0 Å². The number of amides is 1. The lowest BCUT2D eigenvalue weighted by molar-refractivity contribution is -0.158. The van der Waals surface area contributed by atoms with E-state index in [1.54, 1.807) is 0 Å². The number of piperidine rings is 1. The lowest BCUT2D eigenvalue weighted by Crippen LogP contribution is -2.61. The molecule has 4 rings (SSSR count). The predicted molar refractivity (Wildman–Crippen MR) is 120 cm³/mol. The van der Waals surface area contributed by atoms with E-state index in [0.717, 1.165) is 47.7 Å². The van der Waals surface area contributed by atoms with Gasteiger partial charge in [0.15, 0.2) is 0 Å². The molecule has 3 heteroatoms. The molecule has 3 saturated carbocycles. The number of carbonyl (C=O) groups excluding carboxylic acids is 1. The Kier molecular flexibility index (Phi) is 5.64. The lowest BCUT2D eigenvalue weighted by Gasteiger charge is -2.62. The molecule has 4 fully saturated rings. The first-order valence-corrected chi connectivity index (χ1v) is 13.1. The zero-order valence-electron chi connectivity index (χ0n) is 19.2. The molecule has 0 N–H and O–H groups in total. The summed E-state index contributed by atoms with van der Waals surface area (Å²) in [6, 6.07) is 0.498. The largest absolute Gasteiger partial charge is 0.342 e. The summed E-state index contributed by atoms with van der Waals surface area (Å²) in [5.41, 5.74) is 0.932. The SMILES string of the molecule is CC(C)SCC(C)[C@H]1CC[C@H]2[C@@H]3CC[C@H]4N(C)C(=O)CC[C@]4(C)[C@H]3CC[C@]12C. The Bertz CT molecular complexity index is 605. The van der Waals surface area contributed by atoms with Gasteiger partial charge in [0, 0.05) is 19.5 Å². The minimum absolute atomic E-state index is 0.365. The van der Waals surface area contributed by atoms with Crippen LogP contribution in [-0.2, 0) is 4.79 Å². The molecule has 3 aliphatic carbocycles. The number of likely N-dealkylation sites (tertiary alicyclic amines) is 1. The van der Waals surface area contributed by atoms with Crippen molar-refractivity contribution in [1.29, 1.82) is 0 Å². The third-order valence-electron chi connectivity index (χ3n) is 10.0. The predicted octanol–water partition coefficient (Wildman–Crippen LogP) is 6.24. The first-order valence-electron chi connectivity index (χ1n) is 12.1. The van der Waals surface area contributed by atoms with Gasteiger partial charge in [0.05, 0.1) is 0 Å². The molecule has 0 radical (unpaired) electrons. The van der Waals surface area contributed by atoms with E-state index < -0.39 is 0 Å². The molecule has 2 nitrogen and oxygen atoms in total. The van der Waals surface area contributed by atoms with Crippen LogP contribution in [0.4, 0.5) is 0 Å². The first-order chi connectivity index (χ1) is 13.2. The highest BCUT2D eigenvalue weighted by molar-refractivity contribution is 7.99. The molecule has 1 aliphatic heterocycles. The van der Waals surface area contributed by atoms with Gasteiger partial charge < -0.3 is 4.90 Å². The number of nitrogens with zero attached hydrogens (tertiary/aromatic N) is 1. The molecule has 160 valence electrons. The van der Waals surface area contributed by atoms with Crippen LogP contribution < -0.4 is 0 Å². The summed E-state index contributed by atoms with van der Waals surface area (Å²) in [6.45, 7) is 12.4. The van der Waals surface area contributed by atoms with E-state index in [2.05, 4.69) is 58.3 Å². The van der Waals surface area contributed by atoms with E-state index in [1.807, 2.05) is 0 Å². The molecule has 0 aromatic heterocycles. The van der Waals surface area contributed by atoms with Gasteiger partial charge in [-0.05, 0) is 96.4 Å². The lowest BCUT2D eigenvalue weighted by atomic mass is 9.46. The Balaban J connectivity index is 1.53. The first kappa shape index (κ1) is 21.1. The third kappa shape index (κ3) is 3.17. The smallest absolute Gasteiger partial charge is 0.222 e. The second-order valence-electron chi connectivity index (χ2n) is 11.6. The standard InChI is InChI=1S/C25H43NOS/c1-16(2)28-15-17(3)19-8-9-20-18-7-10-22-25(5,14-12-23(27)26(22)6)21(18)11-13-24(19,20)4/h16-22H,7-15H2,1-6H3/t17?,18-,19+,20-,21-,22+,24+,25+/m0/s1. The Morgan fingerprint density at radius 3 is 2.43 bits per heavy atom. The van der Waals surface area contributed by atoms with Crippen molar-refractivity contribution in [3.05, 3.63) is 0 Å². The highest BCUT2D eigenvalue weighted by atomic mass is 32.2. The van der Waals surface area contributed by atoms with Crippen molar-refractivity contribution in [1.82, 2.24) is 4.90 Å². The molecule has 8 atom stereocenters. The molecule has 1 saturated heterocycles. The van der Waals surface area contributed by atoms with Crippen molar-refractivity contribution in [2.24, 2.45) is 40.4 Å². The van der Waals surface area contributed by atoms with Crippen LogP contribution in [0.1, 0.15) is 86.0 Å². The topological polar surface area (TPSA) is 20.3 Å². The van der Waals surface area contributed by atoms with Crippen molar-refractivity contribution < 1.29 is 4.79 Å². The van der Waals surface area contributed by atoms with Crippen LogP contribution in [0.3, 0.4) is 0 Å². The van der Waals surface area contributed by atoms with E-state index in [1.165, 1.54) is 44.3 Å². The highest BCUT2D eigenvalue weighted by Gasteiger charge is 2.61. The number of hydrogen-bond donors (Lipinski definition) is 0. The van der Waals surface area contributed by atoms with Crippen molar-refractivity contribution >= 4 is 17.7 Å². The molecule has 1 heterocycles. The molecular weight excluding hydrogens is 362 g/mol. The van der Waals surface area contributed by atoms with Crippen LogP contribution in [0.25, 0.3) is 0 Å². The van der Waals surface area contributed by atoms with Crippen molar-refractivity contribution in [3.8, 4) is 0 Å².